The van der Waals surface area contributed by atoms with Gasteiger partial charge in [0.05, 0.1) is 0 Å². The first-order chi connectivity index (χ1) is 12.2. The van der Waals surface area contributed by atoms with Gasteiger partial charge in [0.15, 0.2) is 0 Å². The fourth-order valence-corrected chi connectivity index (χ4v) is 3.52. The van der Waals surface area contributed by atoms with E-state index >= 15 is 0 Å². The Morgan fingerprint density at radius 3 is 2.12 bits per heavy atom. The molecule has 0 spiro atoms. The van der Waals surface area contributed by atoms with E-state index in [1.54, 1.807) is 12.1 Å². The van der Waals surface area contributed by atoms with E-state index in [0.29, 0.717) is 5.92 Å². The van der Waals surface area contributed by atoms with E-state index in [1.165, 1.54) is 44.2 Å². The molecule has 25 heavy (non-hydrogen) atoms. The zero-order chi connectivity index (χ0) is 17.5. The molecule has 1 fully saturated rings. The molecule has 0 saturated heterocycles. The lowest BCUT2D eigenvalue weighted by Gasteiger charge is -2.25. The van der Waals surface area contributed by atoms with Gasteiger partial charge >= 0.3 is 0 Å². The van der Waals surface area contributed by atoms with Crippen LogP contribution in [0.3, 0.4) is 0 Å². The molecule has 0 N–H and O–H groups in total. The van der Waals surface area contributed by atoms with Gasteiger partial charge in [-0.3, -0.25) is 0 Å². The van der Waals surface area contributed by atoms with Crippen molar-refractivity contribution >= 4 is 0 Å². The molecule has 1 heteroatoms. The lowest BCUT2D eigenvalue weighted by molar-refractivity contribution is 0.303. The number of allylic oxidation sites excluding steroid dienone is 1. The minimum atomic E-state index is -0.203. The lowest BCUT2D eigenvalue weighted by atomic mass is 9.80. The predicted molar refractivity (Wildman–Crippen MR) is 104 cm³/mol. The molecule has 2 aromatic rings. The Morgan fingerprint density at radius 1 is 0.920 bits per heavy atom. The summed E-state index contributed by atoms with van der Waals surface area (Å²) < 4.78 is 13.0. The van der Waals surface area contributed by atoms with Gasteiger partial charge in [-0.1, -0.05) is 42.2 Å². The molecule has 0 atom stereocenters. The van der Waals surface area contributed by atoms with Crippen LogP contribution in [0.2, 0.25) is 0 Å². The van der Waals surface area contributed by atoms with Crippen LogP contribution in [0.25, 0.3) is 11.1 Å². The van der Waals surface area contributed by atoms with Crippen molar-refractivity contribution in [3.8, 4) is 23.0 Å². The second kappa shape index (κ2) is 8.67. The molecular formula is C24H25F. The van der Waals surface area contributed by atoms with Gasteiger partial charge in [-0.2, -0.15) is 0 Å². The molecule has 0 aromatic heterocycles. The molecular weight excluding hydrogens is 307 g/mol. The lowest BCUT2D eigenvalue weighted by Crippen LogP contribution is -2.13. The van der Waals surface area contributed by atoms with Crippen LogP contribution in [-0.4, -0.2) is 0 Å². The molecule has 1 aliphatic rings. The Hall–Kier alpha value is -2.33. The molecule has 2 aromatic carbocycles. The fourth-order valence-electron chi connectivity index (χ4n) is 3.52. The van der Waals surface area contributed by atoms with Crippen molar-refractivity contribution in [2.75, 3.05) is 0 Å². The number of halogens is 1. The Morgan fingerprint density at radius 2 is 1.52 bits per heavy atom. The second-order valence-corrected chi connectivity index (χ2v) is 6.94. The minimum Gasteiger partial charge on any atom is -0.207 e. The van der Waals surface area contributed by atoms with E-state index in [9.17, 15) is 4.39 Å². The maximum Gasteiger partial charge on any atom is 0.123 e. The third kappa shape index (κ3) is 5.07. The van der Waals surface area contributed by atoms with Gasteiger partial charge < -0.3 is 0 Å². The van der Waals surface area contributed by atoms with Gasteiger partial charge in [0.25, 0.3) is 0 Å². The van der Waals surface area contributed by atoms with Gasteiger partial charge in [-0.25, -0.2) is 4.39 Å². The SMILES string of the molecule is C=CCCC1CCC(C#Cc2ccc(-c3ccc(F)cc3)cc2)CC1. The average molecular weight is 332 g/mol. The van der Waals surface area contributed by atoms with Crippen LogP contribution in [0.5, 0.6) is 0 Å². The van der Waals surface area contributed by atoms with Gasteiger partial charge in [0.2, 0.25) is 0 Å². The Kier molecular flexibility index (Phi) is 6.07. The maximum atomic E-state index is 13.0. The summed E-state index contributed by atoms with van der Waals surface area (Å²) in [7, 11) is 0. The molecule has 3 rings (SSSR count). The van der Waals surface area contributed by atoms with Gasteiger partial charge in [-0.15, -0.1) is 6.58 Å². The van der Waals surface area contributed by atoms with Crippen molar-refractivity contribution in [1.82, 2.24) is 0 Å². The molecule has 0 nitrogen and oxygen atoms in total. The number of benzene rings is 2. The first-order valence-corrected chi connectivity index (χ1v) is 9.23. The molecule has 0 heterocycles. The molecule has 0 aliphatic heterocycles. The van der Waals surface area contributed by atoms with Crippen molar-refractivity contribution in [3.63, 3.8) is 0 Å². The van der Waals surface area contributed by atoms with Crippen LogP contribution in [-0.2, 0) is 0 Å². The maximum absolute atomic E-state index is 13.0. The van der Waals surface area contributed by atoms with E-state index in [4.69, 9.17) is 0 Å². The second-order valence-electron chi connectivity index (χ2n) is 6.94. The normalized spacial score (nSPS) is 19.7. The van der Waals surface area contributed by atoms with Crippen LogP contribution in [0.1, 0.15) is 44.1 Å². The number of hydrogen-bond donors (Lipinski definition) is 0. The molecule has 0 radical (unpaired) electrons. The van der Waals surface area contributed by atoms with Crippen molar-refractivity contribution in [1.29, 1.82) is 0 Å². The third-order valence-electron chi connectivity index (χ3n) is 5.11. The van der Waals surface area contributed by atoms with E-state index in [-0.39, 0.29) is 5.82 Å². The Balaban J connectivity index is 1.57. The summed E-state index contributed by atoms with van der Waals surface area (Å²) in [4.78, 5) is 0. The van der Waals surface area contributed by atoms with Crippen molar-refractivity contribution in [3.05, 3.63) is 72.6 Å². The van der Waals surface area contributed by atoms with E-state index in [0.717, 1.165) is 29.0 Å². The van der Waals surface area contributed by atoms with Crippen molar-refractivity contribution in [2.45, 2.75) is 38.5 Å². The zero-order valence-electron chi connectivity index (χ0n) is 14.7. The average Bonchev–Trinajstić information content (AvgIpc) is 2.67. The number of rotatable bonds is 4. The van der Waals surface area contributed by atoms with Crippen molar-refractivity contribution < 1.29 is 4.39 Å². The van der Waals surface area contributed by atoms with E-state index in [2.05, 4.69) is 42.7 Å². The number of hydrogen-bond acceptors (Lipinski definition) is 0. The van der Waals surface area contributed by atoms with Crippen LogP contribution < -0.4 is 0 Å². The Bertz CT molecular complexity index is 735. The van der Waals surface area contributed by atoms with Crippen LogP contribution in [0, 0.1) is 29.5 Å². The van der Waals surface area contributed by atoms with Crippen molar-refractivity contribution in [2.24, 2.45) is 11.8 Å². The molecule has 1 saturated carbocycles. The minimum absolute atomic E-state index is 0.203. The highest BCUT2D eigenvalue weighted by atomic mass is 19.1. The van der Waals surface area contributed by atoms with Gasteiger partial charge in [-0.05, 0) is 79.8 Å². The molecule has 0 bridgehead atoms. The van der Waals surface area contributed by atoms with Gasteiger partial charge in [0.1, 0.15) is 5.82 Å². The fraction of sp³-hybridized carbons (Fsp3) is 0.333. The molecule has 1 aliphatic carbocycles. The summed E-state index contributed by atoms with van der Waals surface area (Å²) in [6.45, 7) is 3.81. The standard InChI is InChI=1S/C24H25F/c1-2-3-4-19-5-7-20(8-6-19)9-10-21-11-13-22(14-12-21)23-15-17-24(25)18-16-23/h2,11-20H,1,3-8H2. The molecule has 128 valence electrons. The van der Waals surface area contributed by atoms with E-state index < -0.39 is 0 Å². The molecule has 0 unspecified atom stereocenters. The third-order valence-corrected chi connectivity index (χ3v) is 5.11. The monoisotopic (exact) mass is 332 g/mol. The Labute approximate surface area is 150 Å². The zero-order valence-corrected chi connectivity index (χ0v) is 14.7. The smallest absolute Gasteiger partial charge is 0.123 e. The highest BCUT2D eigenvalue weighted by Gasteiger charge is 2.18. The van der Waals surface area contributed by atoms with Crippen LogP contribution >= 0.6 is 0 Å². The highest BCUT2D eigenvalue weighted by molar-refractivity contribution is 5.64. The van der Waals surface area contributed by atoms with E-state index in [1.807, 2.05) is 6.08 Å². The first-order valence-electron chi connectivity index (χ1n) is 9.23. The quantitative estimate of drug-likeness (QED) is 0.436. The highest BCUT2D eigenvalue weighted by Crippen LogP contribution is 2.31. The topological polar surface area (TPSA) is 0 Å². The summed E-state index contributed by atoms with van der Waals surface area (Å²) in [5, 5.41) is 0. The van der Waals surface area contributed by atoms with Gasteiger partial charge in [0, 0.05) is 11.5 Å². The first kappa shape index (κ1) is 17.5. The molecule has 0 amide bonds. The summed E-state index contributed by atoms with van der Waals surface area (Å²) in [5.41, 5.74) is 3.17. The summed E-state index contributed by atoms with van der Waals surface area (Å²) >= 11 is 0. The summed E-state index contributed by atoms with van der Waals surface area (Å²) in [5.74, 6) is 8.00. The van der Waals surface area contributed by atoms with Crippen LogP contribution in [0.15, 0.2) is 61.2 Å². The van der Waals surface area contributed by atoms with Crippen LogP contribution in [0.4, 0.5) is 4.39 Å². The largest absolute Gasteiger partial charge is 0.207 e. The predicted octanol–water partition coefficient (Wildman–Crippen LogP) is 6.62. The summed E-state index contributed by atoms with van der Waals surface area (Å²) in [6, 6.07) is 14.8. The summed E-state index contributed by atoms with van der Waals surface area (Å²) in [6.07, 6.45) is 9.51.